The molecule has 2 N–H and O–H groups in total. The third kappa shape index (κ3) is 3.79. The van der Waals surface area contributed by atoms with Gasteiger partial charge in [0.2, 0.25) is 0 Å². The minimum Gasteiger partial charge on any atom is -1.00 e. The Morgan fingerprint density at radius 1 is 1.33 bits per heavy atom. The minimum atomic E-state index is -1.26. The van der Waals surface area contributed by atoms with Crippen LogP contribution >= 0.6 is 0 Å². The fraction of sp³-hybridized carbons (Fsp3) is 0.714. The summed E-state index contributed by atoms with van der Waals surface area (Å²) >= 11 is 0. The van der Waals surface area contributed by atoms with Gasteiger partial charge < -0.3 is 11.6 Å². The third-order valence-corrected chi connectivity index (χ3v) is 1.75. The first-order valence-electron chi connectivity index (χ1n) is 3.46. The molecule has 0 heterocycles. The molecule has 1 unspecified atom stereocenters. The fourth-order valence-electron chi connectivity index (χ4n) is 0.828. The van der Waals surface area contributed by atoms with Crippen LogP contribution in [0.15, 0.2) is 0 Å². The molecule has 0 aromatic heterocycles. The van der Waals surface area contributed by atoms with E-state index in [1.165, 1.54) is 0 Å². The Bertz CT molecular complexity index is 160. The predicted molar refractivity (Wildman–Crippen MR) is 39.3 cm³/mol. The Balaban J connectivity index is -0.000000500. The van der Waals surface area contributed by atoms with Gasteiger partial charge in [-0.15, -0.1) is 0 Å². The molecule has 1 atom stereocenters. The summed E-state index contributed by atoms with van der Waals surface area (Å²) in [5.74, 6) is -4.09. The van der Waals surface area contributed by atoms with Crippen molar-refractivity contribution in [1.29, 1.82) is 0 Å². The van der Waals surface area contributed by atoms with Gasteiger partial charge in [-0.2, -0.15) is 0 Å². The molecule has 12 heavy (non-hydrogen) atoms. The van der Waals surface area contributed by atoms with Crippen molar-refractivity contribution in [2.75, 3.05) is 0 Å². The Kier molecular flexibility index (Phi) is 7.16. The first-order valence-corrected chi connectivity index (χ1v) is 3.46. The van der Waals surface area contributed by atoms with Gasteiger partial charge in [-0.05, 0) is 5.92 Å². The number of hydrogen-bond acceptors (Lipinski definition) is 2. The average molecular weight is 168 g/mol. The molecule has 0 aromatic carbocycles. The second kappa shape index (κ2) is 6.10. The summed E-state index contributed by atoms with van der Waals surface area (Å²) in [4.78, 5) is 20.7. The zero-order chi connectivity index (χ0) is 9.02. The van der Waals surface area contributed by atoms with E-state index in [1.54, 1.807) is 13.8 Å². The molecule has 0 aliphatic rings. The van der Waals surface area contributed by atoms with Crippen LogP contribution < -0.4 is 18.9 Å². The van der Waals surface area contributed by atoms with Crippen LogP contribution in [0.25, 0.3) is 0 Å². The van der Waals surface area contributed by atoms with Gasteiger partial charge in [-0.25, -0.2) is 0 Å². The molecule has 4 nitrogen and oxygen atoms in total. The topological polar surface area (TPSA) is 74.6 Å². The number of aliphatic carboxylic acids is 2. The number of carbonyl (C=O) groups is 2. The normalized spacial score (nSPS) is 11.9. The molecule has 0 spiro atoms. The zero-order valence-corrected chi connectivity index (χ0v) is 7.57. The quantitative estimate of drug-likeness (QED) is 0.373. The second-order valence-corrected chi connectivity index (χ2v) is 2.54. The van der Waals surface area contributed by atoms with Crippen LogP contribution in [0.4, 0.5) is 0 Å². The molecule has 0 saturated carbocycles. The molecule has 0 rings (SSSR count). The Hall–Kier alpha value is -0.463. The summed E-state index contributed by atoms with van der Waals surface area (Å²) < 4.78 is 0. The van der Waals surface area contributed by atoms with Gasteiger partial charge in [0.15, 0.2) is 5.92 Å². The number of carboxylic acids is 2. The molecule has 0 saturated heterocycles. The summed E-state index contributed by atoms with van der Waals surface area (Å²) in [6.45, 7) is 3.39. The smallest absolute Gasteiger partial charge is 1.00 e. The van der Waals surface area contributed by atoms with E-state index in [-0.39, 0.29) is 26.2 Å². The van der Waals surface area contributed by atoms with Crippen molar-refractivity contribution in [3.8, 4) is 0 Å². The van der Waals surface area contributed by atoms with Crippen LogP contribution in [0.3, 0.4) is 0 Å². The summed E-state index contributed by atoms with van der Waals surface area (Å²) in [5.41, 5.74) is 0. The van der Waals surface area contributed by atoms with Crippen LogP contribution in [0, 0.1) is 11.8 Å². The van der Waals surface area contributed by atoms with Crippen molar-refractivity contribution < 1.29 is 40.1 Å². The van der Waals surface area contributed by atoms with Crippen LogP contribution in [0.2, 0.25) is 0 Å². The van der Waals surface area contributed by atoms with Gasteiger partial charge >= 0.3 is 30.8 Å². The van der Waals surface area contributed by atoms with Gasteiger partial charge in [0.05, 0.1) is 0 Å². The Morgan fingerprint density at radius 2 is 1.67 bits per heavy atom. The van der Waals surface area contributed by atoms with E-state index in [0.717, 1.165) is 0 Å². The summed E-state index contributed by atoms with van der Waals surface area (Å²) in [7, 11) is 0. The van der Waals surface area contributed by atoms with Crippen molar-refractivity contribution >= 4 is 11.9 Å². The van der Waals surface area contributed by atoms with E-state index in [9.17, 15) is 9.59 Å². The number of hydrogen-bond donors (Lipinski definition) is 2. The Morgan fingerprint density at radius 3 is 1.75 bits per heavy atom. The molecule has 0 aliphatic heterocycles. The van der Waals surface area contributed by atoms with Gasteiger partial charge in [0.1, 0.15) is 0 Å². The van der Waals surface area contributed by atoms with Crippen molar-refractivity contribution in [2.24, 2.45) is 11.8 Å². The molecular weight excluding hydrogens is 155 g/mol. The van der Waals surface area contributed by atoms with E-state index in [4.69, 9.17) is 10.2 Å². The molecule has 0 fully saturated rings. The second-order valence-electron chi connectivity index (χ2n) is 2.54. The summed E-state index contributed by atoms with van der Waals surface area (Å²) in [5, 5.41) is 16.9. The van der Waals surface area contributed by atoms with Crippen molar-refractivity contribution in [3.05, 3.63) is 0 Å². The maximum atomic E-state index is 10.4. The van der Waals surface area contributed by atoms with Gasteiger partial charge in [0.25, 0.3) is 0 Å². The zero-order valence-electron chi connectivity index (χ0n) is 8.57. The van der Waals surface area contributed by atoms with Crippen molar-refractivity contribution in [1.82, 2.24) is 0 Å². The standard InChI is InChI=1S/C7H12O4.Li.H/c1-3-4(2)5(6(8)9)7(10)11;;/h4-5H,3H2,1-2H3,(H,8,9)(H,10,11);;/q;+1;-1. The van der Waals surface area contributed by atoms with Gasteiger partial charge in [0, 0.05) is 0 Å². The van der Waals surface area contributed by atoms with E-state index >= 15 is 0 Å². The van der Waals surface area contributed by atoms with E-state index in [0.29, 0.717) is 6.42 Å². The summed E-state index contributed by atoms with van der Waals surface area (Å²) in [6.07, 6.45) is 0.559. The van der Waals surface area contributed by atoms with E-state index < -0.39 is 17.9 Å². The van der Waals surface area contributed by atoms with Gasteiger partial charge in [-0.1, -0.05) is 20.3 Å². The average Bonchev–Trinajstić information content (AvgIpc) is 1.85. The van der Waals surface area contributed by atoms with Crippen LogP contribution in [-0.4, -0.2) is 22.2 Å². The van der Waals surface area contributed by atoms with Crippen LogP contribution in [0.5, 0.6) is 0 Å². The van der Waals surface area contributed by atoms with Gasteiger partial charge in [-0.3, -0.25) is 9.59 Å². The van der Waals surface area contributed by atoms with Crippen LogP contribution in [0.1, 0.15) is 21.7 Å². The maximum absolute atomic E-state index is 10.4. The molecule has 0 bridgehead atoms. The third-order valence-electron chi connectivity index (χ3n) is 1.75. The molecule has 0 radical (unpaired) electrons. The Labute approximate surface area is 84.6 Å². The summed E-state index contributed by atoms with van der Waals surface area (Å²) in [6, 6.07) is 0. The molecule has 5 heteroatoms. The first-order chi connectivity index (χ1) is 5.00. The minimum absolute atomic E-state index is 0. The predicted octanol–water partition coefficient (Wildman–Crippen LogP) is -2.07. The van der Waals surface area contributed by atoms with Crippen molar-refractivity contribution in [3.63, 3.8) is 0 Å². The fourth-order valence-corrected chi connectivity index (χ4v) is 0.828. The van der Waals surface area contributed by atoms with E-state index in [2.05, 4.69) is 0 Å². The molecule has 0 aromatic rings. The first kappa shape index (κ1) is 14.1. The SMILES string of the molecule is CCC(C)C(C(=O)O)C(=O)O.[H-].[Li+]. The number of carboxylic acid groups (broad SMARTS) is 2. The molecule has 0 aliphatic carbocycles. The molecule has 0 amide bonds. The molecule has 66 valence electrons. The van der Waals surface area contributed by atoms with Crippen molar-refractivity contribution in [2.45, 2.75) is 20.3 Å². The van der Waals surface area contributed by atoms with E-state index in [1.807, 2.05) is 0 Å². The monoisotopic (exact) mass is 168 g/mol. The molecular formula is C7H13LiO4. The maximum Gasteiger partial charge on any atom is 1.00 e. The van der Waals surface area contributed by atoms with Crippen LogP contribution in [-0.2, 0) is 9.59 Å². The number of rotatable bonds is 4. The largest absolute Gasteiger partial charge is 1.00 e.